The second-order valence-corrected chi connectivity index (χ2v) is 7.15. The molecular weight excluding hydrogens is 263 g/mol. The largest absolute Gasteiger partial charge is 0.494 e. The van der Waals surface area contributed by atoms with Gasteiger partial charge in [0.1, 0.15) is 0 Å². The lowest BCUT2D eigenvalue weighted by atomic mass is 9.79. The van der Waals surface area contributed by atoms with E-state index in [-0.39, 0.29) is 18.3 Å². The second-order valence-electron chi connectivity index (χ2n) is 7.15. The number of hydrogen-bond donors (Lipinski definition) is 0. The van der Waals surface area contributed by atoms with Crippen LogP contribution in [0.15, 0.2) is 18.3 Å². The van der Waals surface area contributed by atoms with E-state index in [4.69, 9.17) is 9.31 Å². The zero-order valence-electron chi connectivity index (χ0n) is 13.6. The predicted octanol–water partition coefficient (Wildman–Crippen LogP) is 1.98. The third-order valence-electron chi connectivity index (χ3n) is 4.95. The van der Waals surface area contributed by atoms with Gasteiger partial charge in [0.2, 0.25) is 0 Å². The molecule has 3 rings (SSSR count). The Balaban J connectivity index is 1.74. The van der Waals surface area contributed by atoms with Crippen LogP contribution >= 0.6 is 0 Å². The van der Waals surface area contributed by atoms with Gasteiger partial charge in [-0.2, -0.15) is 0 Å². The molecule has 0 bridgehead atoms. The van der Waals surface area contributed by atoms with Gasteiger partial charge in [0.25, 0.3) is 0 Å². The summed E-state index contributed by atoms with van der Waals surface area (Å²) < 4.78 is 12.2. The van der Waals surface area contributed by atoms with E-state index in [2.05, 4.69) is 43.6 Å². The van der Waals surface area contributed by atoms with Gasteiger partial charge in [-0.05, 0) is 71.2 Å². The SMILES string of the molecule is CC1(C)OB(c2ccnc(CN3CCCC3)c2)OC1(C)C. The van der Waals surface area contributed by atoms with Gasteiger partial charge >= 0.3 is 7.12 Å². The smallest absolute Gasteiger partial charge is 0.399 e. The van der Waals surface area contributed by atoms with E-state index >= 15 is 0 Å². The molecule has 0 N–H and O–H groups in total. The van der Waals surface area contributed by atoms with Gasteiger partial charge in [0, 0.05) is 12.7 Å². The van der Waals surface area contributed by atoms with Crippen LogP contribution in [0.2, 0.25) is 0 Å². The molecule has 0 atom stereocenters. The van der Waals surface area contributed by atoms with Crippen LogP contribution in [0.5, 0.6) is 0 Å². The summed E-state index contributed by atoms with van der Waals surface area (Å²) in [5.74, 6) is 0. The van der Waals surface area contributed by atoms with Crippen LogP contribution < -0.4 is 5.46 Å². The van der Waals surface area contributed by atoms with E-state index < -0.39 is 0 Å². The quantitative estimate of drug-likeness (QED) is 0.797. The minimum atomic E-state index is -0.296. The normalized spacial score (nSPS) is 24.7. The van der Waals surface area contributed by atoms with Crippen molar-refractivity contribution in [2.75, 3.05) is 13.1 Å². The van der Waals surface area contributed by atoms with Crippen molar-refractivity contribution in [2.45, 2.75) is 58.3 Å². The first-order chi connectivity index (χ1) is 9.87. The number of nitrogens with zero attached hydrogens (tertiary/aromatic N) is 2. The lowest BCUT2D eigenvalue weighted by Gasteiger charge is -2.32. The van der Waals surface area contributed by atoms with Crippen LogP contribution in [-0.4, -0.2) is 41.3 Å². The maximum absolute atomic E-state index is 6.11. The first-order valence-electron chi connectivity index (χ1n) is 7.90. The predicted molar refractivity (Wildman–Crippen MR) is 84.5 cm³/mol. The molecule has 0 spiro atoms. The van der Waals surface area contributed by atoms with Gasteiger partial charge in [0.15, 0.2) is 0 Å². The number of aromatic nitrogens is 1. The summed E-state index contributed by atoms with van der Waals surface area (Å²) in [5, 5.41) is 0. The third kappa shape index (κ3) is 3.00. The minimum Gasteiger partial charge on any atom is -0.399 e. The Hall–Kier alpha value is -0.905. The zero-order valence-corrected chi connectivity index (χ0v) is 13.6. The van der Waals surface area contributed by atoms with Crippen molar-refractivity contribution in [1.29, 1.82) is 0 Å². The van der Waals surface area contributed by atoms with E-state index in [1.54, 1.807) is 0 Å². The Morgan fingerprint density at radius 2 is 1.76 bits per heavy atom. The molecule has 0 unspecified atom stereocenters. The molecule has 1 aromatic heterocycles. The highest BCUT2D eigenvalue weighted by molar-refractivity contribution is 6.62. The topological polar surface area (TPSA) is 34.6 Å². The molecule has 0 radical (unpaired) electrons. The van der Waals surface area contributed by atoms with Crippen LogP contribution in [0, 0.1) is 0 Å². The Morgan fingerprint density at radius 3 is 2.38 bits per heavy atom. The lowest BCUT2D eigenvalue weighted by Crippen LogP contribution is -2.41. The first-order valence-corrected chi connectivity index (χ1v) is 7.90. The third-order valence-corrected chi connectivity index (χ3v) is 4.95. The van der Waals surface area contributed by atoms with Crippen LogP contribution in [0.4, 0.5) is 0 Å². The van der Waals surface area contributed by atoms with E-state index in [0.717, 1.165) is 17.7 Å². The van der Waals surface area contributed by atoms with E-state index in [9.17, 15) is 0 Å². The summed E-state index contributed by atoms with van der Waals surface area (Å²) in [5.41, 5.74) is 1.58. The summed E-state index contributed by atoms with van der Waals surface area (Å²) in [4.78, 5) is 6.95. The number of rotatable bonds is 3. The van der Waals surface area contributed by atoms with Gasteiger partial charge < -0.3 is 9.31 Å². The number of pyridine rings is 1. The van der Waals surface area contributed by atoms with Crippen LogP contribution in [0.3, 0.4) is 0 Å². The fourth-order valence-corrected chi connectivity index (χ4v) is 2.88. The highest BCUT2D eigenvalue weighted by Crippen LogP contribution is 2.36. The molecule has 114 valence electrons. The molecule has 0 saturated carbocycles. The van der Waals surface area contributed by atoms with Gasteiger partial charge in [-0.15, -0.1) is 0 Å². The minimum absolute atomic E-state index is 0.296. The molecule has 3 heterocycles. The Morgan fingerprint density at radius 1 is 1.14 bits per heavy atom. The number of likely N-dealkylation sites (tertiary alicyclic amines) is 1. The van der Waals surface area contributed by atoms with Crippen LogP contribution in [0.1, 0.15) is 46.2 Å². The summed E-state index contributed by atoms with van der Waals surface area (Å²) in [6.07, 6.45) is 4.47. The van der Waals surface area contributed by atoms with Crippen molar-refractivity contribution in [1.82, 2.24) is 9.88 Å². The molecule has 2 aliphatic rings. The average Bonchev–Trinajstić information content (AvgIpc) is 2.97. The Kier molecular flexibility index (Phi) is 3.84. The molecule has 4 nitrogen and oxygen atoms in total. The molecule has 1 aromatic rings. The fourth-order valence-electron chi connectivity index (χ4n) is 2.88. The van der Waals surface area contributed by atoms with Crippen molar-refractivity contribution < 1.29 is 9.31 Å². The zero-order chi connectivity index (χ0) is 15.1. The summed E-state index contributed by atoms with van der Waals surface area (Å²) in [6.45, 7) is 11.6. The van der Waals surface area contributed by atoms with Gasteiger partial charge in [-0.25, -0.2) is 0 Å². The molecule has 5 heteroatoms. The number of hydrogen-bond acceptors (Lipinski definition) is 4. The van der Waals surface area contributed by atoms with Gasteiger partial charge in [-0.3, -0.25) is 9.88 Å². The molecule has 2 aliphatic heterocycles. The lowest BCUT2D eigenvalue weighted by molar-refractivity contribution is 0.00578. The van der Waals surface area contributed by atoms with Crippen molar-refractivity contribution in [3.05, 3.63) is 24.0 Å². The van der Waals surface area contributed by atoms with Crippen molar-refractivity contribution in [3.63, 3.8) is 0 Å². The second kappa shape index (κ2) is 5.38. The van der Waals surface area contributed by atoms with Crippen molar-refractivity contribution in [3.8, 4) is 0 Å². The van der Waals surface area contributed by atoms with Crippen LogP contribution in [0.25, 0.3) is 0 Å². The highest BCUT2D eigenvalue weighted by Gasteiger charge is 2.51. The van der Waals surface area contributed by atoms with Crippen molar-refractivity contribution in [2.24, 2.45) is 0 Å². The molecule has 2 fully saturated rings. The van der Waals surface area contributed by atoms with Gasteiger partial charge in [0.05, 0.1) is 16.9 Å². The monoisotopic (exact) mass is 288 g/mol. The first kappa shape index (κ1) is 15.0. The van der Waals surface area contributed by atoms with E-state index in [1.807, 2.05) is 12.3 Å². The summed E-state index contributed by atoms with van der Waals surface area (Å²) >= 11 is 0. The Labute approximate surface area is 128 Å². The van der Waals surface area contributed by atoms with E-state index in [0.29, 0.717) is 0 Å². The maximum Gasteiger partial charge on any atom is 0.494 e. The maximum atomic E-state index is 6.11. The van der Waals surface area contributed by atoms with Crippen molar-refractivity contribution >= 4 is 12.6 Å². The van der Waals surface area contributed by atoms with E-state index in [1.165, 1.54) is 25.9 Å². The molecule has 21 heavy (non-hydrogen) atoms. The van der Waals surface area contributed by atoms with Gasteiger partial charge in [-0.1, -0.05) is 0 Å². The Bertz CT molecular complexity index is 497. The summed E-state index contributed by atoms with van der Waals surface area (Å²) in [7, 11) is -0.296. The molecular formula is C16H25BN2O2. The summed E-state index contributed by atoms with van der Waals surface area (Å²) in [6, 6.07) is 4.12. The molecule has 0 aliphatic carbocycles. The standard InChI is InChI=1S/C16H25BN2O2/c1-15(2)16(3,4)21-17(20-15)13-7-8-18-14(11-13)12-19-9-5-6-10-19/h7-8,11H,5-6,9-10,12H2,1-4H3. The van der Waals surface area contributed by atoms with Crippen LogP contribution in [-0.2, 0) is 15.9 Å². The molecule has 0 aromatic carbocycles. The molecule has 2 saturated heterocycles. The molecule has 0 amide bonds. The fraction of sp³-hybridized carbons (Fsp3) is 0.688. The average molecular weight is 288 g/mol. The highest BCUT2D eigenvalue weighted by atomic mass is 16.7.